The number of sulfone groups is 1. The van der Waals surface area contributed by atoms with Crippen LogP contribution < -0.4 is 0 Å². The maximum Gasteiger partial charge on any atom is 0.307 e. The first-order valence-corrected chi connectivity index (χ1v) is 10.2. The highest BCUT2D eigenvalue weighted by molar-refractivity contribution is 7.91. The summed E-state index contributed by atoms with van der Waals surface area (Å²) in [5, 5.41) is -0.996. The Balaban J connectivity index is 1.82. The van der Waals surface area contributed by atoms with Gasteiger partial charge in [-0.25, -0.2) is 8.42 Å². The topological polar surface area (TPSA) is 60.4 Å². The van der Waals surface area contributed by atoms with Gasteiger partial charge in [-0.3, -0.25) is 4.79 Å². The van der Waals surface area contributed by atoms with Gasteiger partial charge in [0.2, 0.25) is 0 Å². The van der Waals surface area contributed by atoms with E-state index in [-0.39, 0.29) is 17.9 Å². The molecule has 0 saturated carbocycles. The number of ether oxygens (including phenoxy) is 1. The Morgan fingerprint density at radius 2 is 1.30 bits per heavy atom. The quantitative estimate of drug-likeness (QED) is 0.572. The van der Waals surface area contributed by atoms with Crippen molar-refractivity contribution in [3.05, 3.63) is 102 Å². The van der Waals surface area contributed by atoms with Crippen LogP contribution in [0.25, 0.3) is 0 Å². The van der Waals surface area contributed by atoms with Gasteiger partial charge in [0.25, 0.3) is 0 Å². The van der Waals surface area contributed by atoms with Crippen molar-refractivity contribution in [2.24, 2.45) is 0 Å². The van der Waals surface area contributed by atoms with Crippen LogP contribution in [0.15, 0.2) is 95.9 Å². The highest BCUT2D eigenvalue weighted by atomic mass is 32.2. The highest BCUT2D eigenvalue weighted by Crippen LogP contribution is 2.32. The van der Waals surface area contributed by atoms with Gasteiger partial charge in [-0.2, -0.15) is 0 Å². The summed E-state index contributed by atoms with van der Waals surface area (Å²) in [6, 6.07) is 26.2. The third-order valence-corrected chi connectivity index (χ3v) is 6.33. The summed E-state index contributed by atoms with van der Waals surface area (Å²) >= 11 is 0. The van der Waals surface area contributed by atoms with Crippen molar-refractivity contribution >= 4 is 15.8 Å². The van der Waals surface area contributed by atoms with E-state index in [2.05, 4.69) is 0 Å². The molecule has 0 saturated heterocycles. The average molecular weight is 380 g/mol. The molecule has 0 amide bonds. The second kappa shape index (κ2) is 8.64. The third kappa shape index (κ3) is 4.83. The summed E-state index contributed by atoms with van der Waals surface area (Å²) in [6.45, 7) is 0.118. The molecule has 0 aliphatic rings. The number of hydrogen-bond acceptors (Lipinski definition) is 4. The molecule has 1 atom stereocenters. The lowest BCUT2D eigenvalue weighted by molar-refractivity contribution is -0.145. The van der Waals surface area contributed by atoms with Crippen molar-refractivity contribution in [3.8, 4) is 0 Å². The Kier molecular flexibility index (Phi) is 6.04. The number of esters is 1. The van der Waals surface area contributed by atoms with Crippen molar-refractivity contribution in [3.63, 3.8) is 0 Å². The molecule has 0 N–H and O–H groups in total. The van der Waals surface area contributed by atoms with E-state index in [1.165, 1.54) is 0 Å². The van der Waals surface area contributed by atoms with E-state index in [0.717, 1.165) is 5.56 Å². The molecule has 0 aromatic heterocycles. The molecule has 0 aliphatic carbocycles. The van der Waals surface area contributed by atoms with Crippen LogP contribution in [0.2, 0.25) is 0 Å². The number of benzene rings is 3. The Morgan fingerprint density at radius 3 is 1.89 bits per heavy atom. The fraction of sp³-hybridized carbons (Fsp3) is 0.136. The fourth-order valence-corrected chi connectivity index (χ4v) is 4.53. The highest BCUT2D eigenvalue weighted by Gasteiger charge is 2.31. The van der Waals surface area contributed by atoms with Crippen LogP contribution in [0.3, 0.4) is 0 Å². The molecule has 5 heteroatoms. The van der Waals surface area contributed by atoms with E-state index in [4.69, 9.17) is 4.74 Å². The number of rotatable bonds is 7. The van der Waals surface area contributed by atoms with Gasteiger partial charge in [-0.05, 0) is 23.3 Å². The van der Waals surface area contributed by atoms with Crippen molar-refractivity contribution in [2.75, 3.05) is 0 Å². The first-order chi connectivity index (χ1) is 13.1. The van der Waals surface area contributed by atoms with Crippen molar-refractivity contribution in [1.29, 1.82) is 0 Å². The Labute approximate surface area is 159 Å². The average Bonchev–Trinajstić information content (AvgIpc) is 2.72. The van der Waals surface area contributed by atoms with Gasteiger partial charge >= 0.3 is 5.97 Å². The number of hydrogen-bond donors (Lipinski definition) is 0. The van der Waals surface area contributed by atoms with Crippen molar-refractivity contribution < 1.29 is 17.9 Å². The van der Waals surface area contributed by atoms with E-state index >= 15 is 0 Å². The van der Waals surface area contributed by atoms with E-state index < -0.39 is 21.1 Å². The lowest BCUT2D eigenvalue weighted by Gasteiger charge is -2.18. The molecule has 3 aromatic rings. The summed E-state index contributed by atoms with van der Waals surface area (Å²) < 4.78 is 31.6. The van der Waals surface area contributed by atoms with Crippen molar-refractivity contribution in [1.82, 2.24) is 0 Å². The molecular formula is C22H20O4S. The molecule has 0 spiro atoms. The largest absolute Gasteiger partial charge is 0.461 e. The lowest BCUT2D eigenvalue weighted by atomic mass is 10.1. The summed E-state index contributed by atoms with van der Waals surface area (Å²) in [4.78, 5) is 12.6. The standard InChI is InChI=1S/C22H20O4S/c23-22(26-17-18-10-4-1-5-11-18)16-21(19-12-6-2-7-13-19)27(24,25)20-14-8-3-9-15-20/h1-15,21H,16-17H2. The SMILES string of the molecule is O=C(CC(c1ccccc1)S(=O)(=O)c1ccccc1)OCc1ccccc1. The van der Waals surface area contributed by atoms with Gasteiger partial charge in [-0.1, -0.05) is 78.9 Å². The van der Waals surface area contributed by atoms with E-state index in [1.807, 2.05) is 36.4 Å². The van der Waals surface area contributed by atoms with Gasteiger partial charge in [0.15, 0.2) is 9.84 Å². The molecule has 27 heavy (non-hydrogen) atoms. The molecule has 1 unspecified atom stereocenters. The molecule has 0 radical (unpaired) electrons. The maximum absolute atomic E-state index is 13.1. The normalized spacial score (nSPS) is 12.3. The van der Waals surface area contributed by atoms with E-state index in [0.29, 0.717) is 5.56 Å². The fourth-order valence-electron chi connectivity index (χ4n) is 2.80. The Bertz CT molecular complexity index is 969. The zero-order chi connectivity index (χ0) is 19.1. The van der Waals surface area contributed by atoms with Gasteiger partial charge in [0.1, 0.15) is 11.9 Å². The summed E-state index contributed by atoms with van der Waals surface area (Å²) in [5.74, 6) is -0.549. The Hall–Kier alpha value is -2.92. The van der Waals surface area contributed by atoms with Gasteiger partial charge in [0, 0.05) is 0 Å². The van der Waals surface area contributed by atoms with Crippen LogP contribution in [-0.2, 0) is 26.0 Å². The molecule has 0 fully saturated rings. The molecular weight excluding hydrogens is 360 g/mol. The van der Waals surface area contributed by atoms with Crippen LogP contribution in [0.4, 0.5) is 0 Å². The smallest absolute Gasteiger partial charge is 0.307 e. The van der Waals surface area contributed by atoms with Crippen LogP contribution in [0.1, 0.15) is 22.8 Å². The minimum Gasteiger partial charge on any atom is -0.461 e. The number of carbonyl (C=O) groups excluding carboxylic acids is 1. The first kappa shape index (κ1) is 18.9. The monoisotopic (exact) mass is 380 g/mol. The molecule has 0 heterocycles. The van der Waals surface area contributed by atoms with Gasteiger partial charge in [0.05, 0.1) is 11.3 Å². The van der Waals surface area contributed by atoms with Gasteiger partial charge < -0.3 is 4.74 Å². The van der Waals surface area contributed by atoms with Crippen molar-refractivity contribution in [2.45, 2.75) is 23.2 Å². The maximum atomic E-state index is 13.1. The zero-order valence-electron chi connectivity index (χ0n) is 14.7. The molecule has 0 bridgehead atoms. The van der Waals surface area contributed by atoms with Crippen LogP contribution in [-0.4, -0.2) is 14.4 Å². The zero-order valence-corrected chi connectivity index (χ0v) is 15.5. The molecule has 0 aliphatic heterocycles. The molecule has 3 rings (SSSR count). The van der Waals surface area contributed by atoms with Crippen LogP contribution >= 0.6 is 0 Å². The summed E-state index contributed by atoms with van der Waals surface area (Å²) in [7, 11) is -3.73. The summed E-state index contributed by atoms with van der Waals surface area (Å²) in [6.07, 6.45) is -0.242. The molecule has 3 aromatic carbocycles. The van der Waals surface area contributed by atoms with E-state index in [1.54, 1.807) is 54.6 Å². The predicted octanol–water partition coefficient (Wildman–Crippen LogP) is 4.34. The third-order valence-electron chi connectivity index (χ3n) is 4.21. The van der Waals surface area contributed by atoms with Crippen LogP contribution in [0.5, 0.6) is 0 Å². The molecule has 4 nitrogen and oxygen atoms in total. The van der Waals surface area contributed by atoms with Crippen LogP contribution in [0, 0.1) is 0 Å². The van der Waals surface area contributed by atoms with E-state index in [9.17, 15) is 13.2 Å². The predicted molar refractivity (Wildman–Crippen MR) is 104 cm³/mol. The minimum atomic E-state index is -3.73. The Morgan fingerprint density at radius 1 is 0.778 bits per heavy atom. The molecule has 138 valence electrons. The minimum absolute atomic E-state index is 0.118. The summed E-state index contributed by atoms with van der Waals surface area (Å²) in [5.41, 5.74) is 1.42. The second-order valence-corrected chi connectivity index (χ2v) is 8.24. The number of carbonyl (C=O) groups is 1. The first-order valence-electron chi connectivity index (χ1n) is 8.61. The lowest BCUT2D eigenvalue weighted by Crippen LogP contribution is -2.19. The second-order valence-electron chi connectivity index (χ2n) is 6.11. The van der Waals surface area contributed by atoms with Gasteiger partial charge in [-0.15, -0.1) is 0 Å².